The van der Waals surface area contributed by atoms with Crippen LogP contribution < -0.4 is 9.60 Å². The van der Waals surface area contributed by atoms with Crippen molar-refractivity contribution in [1.29, 1.82) is 0 Å². The van der Waals surface area contributed by atoms with Crippen LogP contribution in [-0.2, 0) is 14.8 Å². The van der Waals surface area contributed by atoms with Gasteiger partial charge < -0.3 is 10.1 Å². The summed E-state index contributed by atoms with van der Waals surface area (Å²) in [6, 6.07) is -1.15. The first-order chi connectivity index (χ1) is 9.81. The minimum absolute atomic E-state index is 0.144. The van der Waals surface area contributed by atoms with Crippen molar-refractivity contribution in [2.24, 2.45) is 5.92 Å². The summed E-state index contributed by atoms with van der Waals surface area (Å²) in [6.07, 6.45) is 4.26. The summed E-state index contributed by atoms with van der Waals surface area (Å²) in [5.74, 6) is -1.38. The van der Waals surface area contributed by atoms with Crippen molar-refractivity contribution in [3.63, 3.8) is 0 Å². The maximum Gasteiger partial charge on any atom is 0.322 e. The Balaban J connectivity index is 2.25. The summed E-state index contributed by atoms with van der Waals surface area (Å²) in [5.41, 5.74) is 0.227. The molecule has 0 bridgehead atoms. The SMILES string of the molecule is Cc1[nH]c(=O)sc1S(=O)(=O)NC(C(=O)O)C1CCCCC1. The predicted octanol–water partition coefficient (Wildman–Crippen LogP) is 1.06. The van der Waals surface area contributed by atoms with Crippen molar-refractivity contribution in [3.8, 4) is 0 Å². The van der Waals surface area contributed by atoms with Crippen molar-refractivity contribution in [1.82, 2.24) is 9.71 Å². The predicted molar refractivity (Wildman–Crippen MR) is 78.0 cm³/mol. The highest BCUT2D eigenvalue weighted by molar-refractivity contribution is 7.91. The normalized spacial score (nSPS) is 18.5. The van der Waals surface area contributed by atoms with E-state index in [0.717, 1.165) is 19.3 Å². The summed E-state index contributed by atoms with van der Waals surface area (Å²) in [7, 11) is -4.01. The minimum Gasteiger partial charge on any atom is -0.480 e. The summed E-state index contributed by atoms with van der Waals surface area (Å²) >= 11 is 0.567. The molecule has 7 nitrogen and oxygen atoms in total. The lowest BCUT2D eigenvalue weighted by molar-refractivity contribution is -0.140. The smallest absolute Gasteiger partial charge is 0.322 e. The van der Waals surface area contributed by atoms with E-state index in [1.807, 2.05) is 0 Å². The first-order valence-corrected chi connectivity index (χ1v) is 9.06. The van der Waals surface area contributed by atoms with Gasteiger partial charge in [0.15, 0.2) is 4.21 Å². The summed E-state index contributed by atoms with van der Waals surface area (Å²) in [5, 5.41) is 9.32. The van der Waals surface area contributed by atoms with Crippen LogP contribution in [0.25, 0.3) is 0 Å². The molecule has 118 valence electrons. The number of thiazole rings is 1. The molecule has 21 heavy (non-hydrogen) atoms. The number of aromatic nitrogens is 1. The molecule has 0 amide bonds. The second-order valence-corrected chi connectivity index (χ2v) is 8.15. The fraction of sp³-hybridized carbons (Fsp3) is 0.667. The summed E-state index contributed by atoms with van der Waals surface area (Å²) in [6.45, 7) is 1.48. The lowest BCUT2D eigenvalue weighted by Gasteiger charge is -2.27. The van der Waals surface area contributed by atoms with E-state index < -0.39 is 26.9 Å². The Labute approximate surface area is 126 Å². The number of aliphatic carboxylic acids is 1. The third-order valence-corrected chi connectivity index (χ3v) is 6.74. The molecular formula is C12H18N2O5S2. The van der Waals surface area contributed by atoms with Crippen molar-refractivity contribution in [2.45, 2.75) is 49.3 Å². The second kappa shape index (κ2) is 6.29. The average Bonchev–Trinajstić information content (AvgIpc) is 2.77. The van der Waals surface area contributed by atoms with E-state index in [4.69, 9.17) is 0 Å². The van der Waals surface area contributed by atoms with Gasteiger partial charge in [-0.15, -0.1) is 0 Å². The summed E-state index contributed by atoms with van der Waals surface area (Å²) in [4.78, 5) is 24.6. The Bertz CT molecular complexity index is 670. The minimum atomic E-state index is -4.01. The lowest BCUT2D eigenvalue weighted by atomic mass is 9.84. The van der Waals surface area contributed by atoms with Gasteiger partial charge in [0.1, 0.15) is 6.04 Å². The van der Waals surface area contributed by atoms with Crippen molar-refractivity contribution < 1.29 is 18.3 Å². The van der Waals surface area contributed by atoms with Gasteiger partial charge in [0, 0.05) is 5.69 Å². The van der Waals surface area contributed by atoms with Crippen LogP contribution in [0.15, 0.2) is 9.00 Å². The van der Waals surface area contributed by atoms with Crippen molar-refractivity contribution in [3.05, 3.63) is 15.4 Å². The molecule has 1 unspecified atom stereocenters. The molecule has 0 radical (unpaired) electrons. The maximum atomic E-state index is 12.3. The molecule has 2 rings (SSSR count). The summed E-state index contributed by atoms with van der Waals surface area (Å²) < 4.78 is 26.7. The molecule has 0 spiro atoms. The second-order valence-electron chi connectivity index (χ2n) is 5.26. The maximum absolute atomic E-state index is 12.3. The number of aryl methyl sites for hydroxylation is 1. The van der Waals surface area contributed by atoms with E-state index in [0.29, 0.717) is 24.2 Å². The molecule has 1 aliphatic rings. The molecule has 0 aromatic carbocycles. The fourth-order valence-corrected chi connectivity index (χ4v) is 5.26. The van der Waals surface area contributed by atoms with Crippen molar-refractivity contribution >= 4 is 27.3 Å². The molecule has 0 aliphatic heterocycles. The van der Waals surface area contributed by atoms with Gasteiger partial charge in [0.05, 0.1) is 0 Å². The van der Waals surface area contributed by atoms with Gasteiger partial charge in [-0.2, -0.15) is 4.72 Å². The number of hydrogen-bond acceptors (Lipinski definition) is 5. The number of carbonyl (C=O) groups is 1. The first-order valence-electron chi connectivity index (χ1n) is 6.76. The van der Waals surface area contributed by atoms with Gasteiger partial charge >= 0.3 is 10.8 Å². The molecule has 0 saturated heterocycles. The number of nitrogens with one attached hydrogen (secondary N) is 2. The molecule has 1 aromatic heterocycles. The Morgan fingerprint density at radius 1 is 1.38 bits per heavy atom. The van der Waals surface area contributed by atoms with Crippen LogP contribution in [0, 0.1) is 12.8 Å². The highest BCUT2D eigenvalue weighted by atomic mass is 32.2. The largest absolute Gasteiger partial charge is 0.480 e. The van der Waals surface area contributed by atoms with E-state index in [1.54, 1.807) is 0 Å². The van der Waals surface area contributed by atoms with Gasteiger partial charge in [-0.1, -0.05) is 30.6 Å². The topological polar surface area (TPSA) is 116 Å². The van der Waals surface area contributed by atoms with E-state index in [9.17, 15) is 23.1 Å². The zero-order valence-corrected chi connectivity index (χ0v) is 13.2. The van der Waals surface area contributed by atoms with Gasteiger partial charge in [0.25, 0.3) is 10.0 Å². The van der Waals surface area contributed by atoms with Crippen LogP contribution in [-0.4, -0.2) is 30.5 Å². The van der Waals surface area contributed by atoms with Crippen LogP contribution in [0.3, 0.4) is 0 Å². The standard InChI is InChI=1S/C12H18N2O5S2/c1-7-11(20-12(17)13-7)21(18,19)14-9(10(15)16)8-5-3-2-4-6-8/h8-9,14H,2-6H2,1H3,(H,13,17)(H,15,16). The zero-order valence-electron chi connectivity index (χ0n) is 11.6. The number of H-pyrrole nitrogens is 1. The van der Waals surface area contributed by atoms with Crippen LogP contribution in [0.2, 0.25) is 0 Å². The molecule has 9 heteroatoms. The van der Waals surface area contributed by atoms with E-state index in [2.05, 4.69) is 9.71 Å². The Morgan fingerprint density at radius 3 is 2.48 bits per heavy atom. The molecule has 1 saturated carbocycles. The molecule has 1 atom stereocenters. The van der Waals surface area contributed by atoms with Gasteiger partial charge in [-0.05, 0) is 25.7 Å². The van der Waals surface area contributed by atoms with Crippen LogP contribution >= 0.6 is 11.3 Å². The van der Waals surface area contributed by atoms with E-state index in [-0.39, 0.29) is 15.8 Å². The molecule has 1 fully saturated rings. The van der Waals surface area contributed by atoms with Crippen LogP contribution in [0.1, 0.15) is 37.8 Å². The number of rotatable bonds is 5. The number of hydrogen-bond donors (Lipinski definition) is 3. The molecule has 1 aliphatic carbocycles. The number of carboxylic acid groups (broad SMARTS) is 1. The molecular weight excluding hydrogens is 316 g/mol. The Kier molecular flexibility index (Phi) is 4.84. The first kappa shape index (κ1) is 16.2. The van der Waals surface area contributed by atoms with Crippen molar-refractivity contribution in [2.75, 3.05) is 0 Å². The quantitative estimate of drug-likeness (QED) is 0.744. The van der Waals surface area contributed by atoms with Gasteiger partial charge in [-0.25, -0.2) is 8.42 Å². The Hall–Kier alpha value is -1.19. The molecule has 1 aromatic rings. The van der Waals surface area contributed by atoms with Gasteiger partial charge in [-0.3, -0.25) is 9.59 Å². The fourth-order valence-electron chi connectivity index (χ4n) is 2.68. The number of carboxylic acids is 1. The number of aromatic amines is 1. The number of sulfonamides is 1. The van der Waals surface area contributed by atoms with E-state index >= 15 is 0 Å². The lowest BCUT2D eigenvalue weighted by Crippen LogP contribution is -2.46. The highest BCUT2D eigenvalue weighted by Gasteiger charge is 2.34. The Morgan fingerprint density at radius 2 is 2.00 bits per heavy atom. The molecule has 1 heterocycles. The van der Waals surface area contributed by atoms with E-state index in [1.165, 1.54) is 6.92 Å². The third-order valence-electron chi connectivity index (χ3n) is 3.69. The zero-order chi connectivity index (χ0) is 15.6. The van der Waals surface area contributed by atoms with Gasteiger partial charge in [0.2, 0.25) is 0 Å². The monoisotopic (exact) mass is 334 g/mol. The van der Waals surface area contributed by atoms with Crippen LogP contribution in [0.5, 0.6) is 0 Å². The average molecular weight is 334 g/mol. The molecule has 3 N–H and O–H groups in total. The van der Waals surface area contributed by atoms with Crippen LogP contribution in [0.4, 0.5) is 0 Å². The highest BCUT2D eigenvalue weighted by Crippen LogP contribution is 2.28. The third kappa shape index (κ3) is 3.72.